The summed E-state index contributed by atoms with van der Waals surface area (Å²) in [5, 5.41) is 0. The molecule has 1 aliphatic rings. The number of benzene rings is 1. The first-order valence-corrected chi connectivity index (χ1v) is 4.98. The van der Waals surface area contributed by atoms with Gasteiger partial charge >= 0.3 is 0 Å². The third kappa shape index (κ3) is 1.77. The monoisotopic (exact) mass is 203 g/mol. The van der Waals surface area contributed by atoms with Gasteiger partial charge in [0.15, 0.2) is 5.78 Å². The molecule has 1 aliphatic carbocycles. The van der Waals surface area contributed by atoms with E-state index >= 15 is 0 Å². The van der Waals surface area contributed by atoms with Crippen LogP contribution in [0.3, 0.4) is 0 Å². The first-order valence-electron chi connectivity index (χ1n) is 4.98. The molecule has 0 bridgehead atoms. The molecule has 2 N–H and O–H groups in total. The summed E-state index contributed by atoms with van der Waals surface area (Å²) in [7, 11) is 0. The number of carbonyl (C=O) groups is 2. The van der Waals surface area contributed by atoms with Gasteiger partial charge < -0.3 is 5.73 Å². The molecule has 1 amide bonds. The summed E-state index contributed by atoms with van der Waals surface area (Å²) in [5.41, 5.74) is 6.06. The van der Waals surface area contributed by atoms with Crippen LogP contribution < -0.4 is 5.73 Å². The number of rotatable bonds is 3. The Balaban J connectivity index is 2.24. The molecular weight excluding hydrogens is 190 g/mol. The second-order valence-electron chi connectivity index (χ2n) is 4.33. The molecule has 15 heavy (non-hydrogen) atoms. The van der Waals surface area contributed by atoms with Gasteiger partial charge in [0.2, 0.25) is 5.91 Å². The molecule has 0 radical (unpaired) electrons. The third-order valence-corrected chi connectivity index (χ3v) is 2.98. The summed E-state index contributed by atoms with van der Waals surface area (Å²) in [4.78, 5) is 22.7. The Kier molecular flexibility index (Phi) is 2.11. The minimum Gasteiger partial charge on any atom is -0.366 e. The zero-order valence-corrected chi connectivity index (χ0v) is 8.62. The largest absolute Gasteiger partial charge is 0.366 e. The smallest absolute Gasteiger partial charge is 0.248 e. The fourth-order valence-corrected chi connectivity index (χ4v) is 1.55. The quantitative estimate of drug-likeness (QED) is 0.761. The zero-order valence-electron chi connectivity index (χ0n) is 8.62. The van der Waals surface area contributed by atoms with Crippen molar-refractivity contribution in [3.8, 4) is 0 Å². The van der Waals surface area contributed by atoms with E-state index in [-0.39, 0.29) is 11.2 Å². The van der Waals surface area contributed by atoms with Crippen molar-refractivity contribution < 1.29 is 9.59 Å². The number of nitrogens with two attached hydrogens (primary N) is 1. The van der Waals surface area contributed by atoms with Crippen LogP contribution in [0.5, 0.6) is 0 Å². The number of hydrogen-bond donors (Lipinski definition) is 1. The van der Waals surface area contributed by atoms with Gasteiger partial charge in [-0.25, -0.2) is 0 Å². The lowest BCUT2D eigenvalue weighted by molar-refractivity contribution is 0.0911. The standard InChI is InChI=1S/C12H13NO2/c1-12(6-7-12)10(14)8-2-4-9(5-3-8)11(13)15/h2-5H,6-7H2,1H3,(H2,13,15). The molecule has 2 rings (SSSR count). The lowest BCUT2D eigenvalue weighted by Gasteiger charge is -2.06. The van der Waals surface area contributed by atoms with Crippen LogP contribution in [0.25, 0.3) is 0 Å². The van der Waals surface area contributed by atoms with Crippen LogP contribution in [0.2, 0.25) is 0 Å². The molecule has 1 aromatic carbocycles. The maximum atomic E-state index is 11.9. The van der Waals surface area contributed by atoms with Crippen molar-refractivity contribution in [2.75, 3.05) is 0 Å². The van der Waals surface area contributed by atoms with Gasteiger partial charge in [0.05, 0.1) is 0 Å². The summed E-state index contributed by atoms with van der Waals surface area (Å²) in [6.07, 6.45) is 1.92. The molecule has 1 fully saturated rings. The van der Waals surface area contributed by atoms with Crippen molar-refractivity contribution in [2.45, 2.75) is 19.8 Å². The molecule has 0 spiro atoms. The van der Waals surface area contributed by atoms with E-state index < -0.39 is 5.91 Å². The first-order chi connectivity index (χ1) is 7.03. The van der Waals surface area contributed by atoms with Gasteiger partial charge in [-0.2, -0.15) is 0 Å². The van der Waals surface area contributed by atoms with Crippen LogP contribution in [-0.4, -0.2) is 11.7 Å². The highest BCUT2D eigenvalue weighted by Gasteiger charge is 2.44. The van der Waals surface area contributed by atoms with E-state index in [1.54, 1.807) is 24.3 Å². The zero-order chi connectivity index (χ0) is 11.1. The Morgan fingerprint density at radius 3 is 2.00 bits per heavy atom. The van der Waals surface area contributed by atoms with Crippen LogP contribution >= 0.6 is 0 Å². The predicted molar refractivity (Wildman–Crippen MR) is 56.6 cm³/mol. The number of ketones is 1. The topological polar surface area (TPSA) is 60.2 Å². The number of hydrogen-bond acceptors (Lipinski definition) is 2. The lowest BCUT2D eigenvalue weighted by atomic mass is 9.96. The highest BCUT2D eigenvalue weighted by Crippen LogP contribution is 2.47. The lowest BCUT2D eigenvalue weighted by Crippen LogP contribution is -2.14. The van der Waals surface area contributed by atoms with Gasteiger partial charge in [0.25, 0.3) is 0 Å². The van der Waals surface area contributed by atoms with Crippen LogP contribution in [0.4, 0.5) is 0 Å². The molecule has 0 aromatic heterocycles. The van der Waals surface area contributed by atoms with E-state index in [2.05, 4.69) is 0 Å². The highest BCUT2D eigenvalue weighted by molar-refractivity contribution is 6.02. The number of amides is 1. The highest BCUT2D eigenvalue weighted by atomic mass is 16.1. The number of Topliss-reactive ketones (excluding diaryl/α,β-unsaturated/α-hetero) is 1. The van der Waals surface area contributed by atoms with E-state index in [0.717, 1.165) is 12.8 Å². The predicted octanol–water partition coefficient (Wildman–Crippen LogP) is 1.77. The minimum atomic E-state index is -0.466. The van der Waals surface area contributed by atoms with E-state index in [1.165, 1.54) is 0 Å². The van der Waals surface area contributed by atoms with Crippen molar-refractivity contribution in [1.29, 1.82) is 0 Å². The SMILES string of the molecule is CC1(C(=O)c2ccc(C(N)=O)cc2)CC1. The molecule has 0 aliphatic heterocycles. The number of carbonyl (C=O) groups excluding carboxylic acids is 2. The van der Waals surface area contributed by atoms with Crippen molar-refractivity contribution in [3.05, 3.63) is 35.4 Å². The molecule has 0 heterocycles. The molecule has 3 heteroatoms. The Morgan fingerprint density at radius 2 is 1.60 bits per heavy atom. The van der Waals surface area contributed by atoms with Crippen molar-refractivity contribution in [3.63, 3.8) is 0 Å². The van der Waals surface area contributed by atoms with Gasteiger partial charge in [0.1, 0.15) is 0 Å². The van der Waals surface area contributed by atoms with Crippen molar-refractivity contribution >= 4 is 11.7 Å². The van der Waals surface area contributed by atoms with Crippen LogP contribution in [0, 0.1) is 5.41 Å². The van der Waals surface area contributed by atoms with Gasteiger partial charge in [-0.15, -0.1) is 0 Å². The molecule has 0 unspecified atom stereocenters. The normalized spacial score (nSPS) is 17.1. The van der Waals surface area contributed by atoms with Crippen molar-refractivity contribution in [1.82, 2.24) is 0 Å². The average Bonchev–Trinajstić information content (AvgIpc) is 2.97. The van der Waals surface area contributed by atoms with Gasteiger partial charge in [0, 0.05) is 16.5 Å². The van der Waals surface area contributed by atoms with E-state index in [0.29, 0.717) is 11.1 Å². The Hall–Kier alpha value is -1.64. The van der Waals surface area contributed by atoms with Crippen molar-refractivity contribution in [2.24, 2.45) is 11.1 Å². The molecule has 78 valence electrons. The minimum absolute atomic E-state index is 0.158. The molecular formula is C12H13NO2. The molecule has 0 atom stereocenters. The van der Waals surface area contributed by atoms with Crippen LogP contribution in [0.1, 0.15) is 40.5 Å². The van der Waals surface area contributed by atoms with Crippen LogP contribution in [0.15, 0.2) is 24.3 Å². The Morgan fingerprint density at radius 1 is 1.13 bits per heavy atom. The van der Waals surface area contributed by atoms with Gasteiger partial charge in [-0.3, -0.25) is 9.59 Å². The van der Waals surface area contributed by atoms with Crippen LogP contribution in [-0.2, 0) is 0 Å². The second kappa shape index (κ2) is 3.19. The maximum absolute atomic E-state index is 11.9. The van der Waals surface area contributed by atoms with E-state index in [1.807, 2.05) is 6.92 Å². The fraction of sp³-hybridized carbons (Fsp3) is 0.333. The summed E-state index contributed by atoms with van der Waals surface area (Å²) in [6, 6.07) is 6.54. The first kappa shape index (κ1) is 9.90. The molecule has 1 aromatic rings. The average molecular weight is 203 g/mol. The number of primary amides is 1. The molecule has 0 saturated heterocycles. The van der Waals surface area contributed by atoms with E-state index in [9.17, 15) is 9.59 Å². The molecule has 3 nitrogen and oxygen atoms in total. The van der Waals surface area contributed by atoms with E-state index in [4.69, 9.17) is 5.73 Å². The fourth-order valence-electron chi connectivity index (χ4n) is 1.55. The van der Waals surface area contributed by atoms with Gasteiger partial charge in [-0.05, 0) is 25.0 Å². The molecule has 1 saturated carbocycles. The summed E-state index contributed by atoms with van der Waals surface area (Å²) >= 11 is 0. The third-order valence-electron chi connectivity index (χ3n) is 2.98. The summed E-state index contributed by atoms with van der Waals surface area (Å²) < 4.78 is 0. The Bertz CT molecular complexity index is 416. The second-order valence-corrected chi connectivity index (χ2v) is 4.33. The summed E-state index contributed by atoms with van der Waals surface area (Å²) in [5.74, 6) is -0.301. The Labute approximate surface area is 88.3 Å². The maximum Gasteiger partial charge on any atom is 0.248 e. The summed E-state index contributed by atoms with van der Waals surface area (Å²) in [6.45, 7) is 1.97. The van der Waals surface area contributed by atoms with Gasteiger partial charge in [-0.1, -0.05) is 19.1 Å².